The van der Waals surface area contributed by atoms with Crippen molar-refractivity contribution in [2.45, 2.75) is 75.7 Å². The Morgan fingerprint density at radius 1 is 0.871 bits per heavy atom. The van der Waals surface area contributed by atoms with Gasteiger partial charge >= 0.3 is 0 Å². The zero-order valence-corrected chi connectivity index (χ0v) is 18.0. The van der Waals surface area contributed by atoms with E-state index < -0.39 is 0 Å². The predicted octanol–water partition coefficient (Wildman–Crippen LogP) is 5.35. The van der Waals surface area contributed by atoms with Crippen LogP contribution in [0, 0.1) is 5.82 Å². The lowest BCUT2D eigenvalue weighted by molar-refractivity contribution is 0.0689. The lowest BCUT2D eigenvalue weighted by Gasteiger charge is -2.34. The van der Waals surface area contributed by atoms with Crippen LogP contribution in [-0.4, -0.2) is 31.4 Å². The Kier molecular flexibility index (Phi) is 6.42. The van der Waals surface area contributed by atoms with Crippen LogP contribution < -0.4 is 14.8 Å². The molecule has 166 valence electrons. The van der Waals surface area contributed by atoms with Crippen molar-refractivity contribution in [1.29, 1.82) is 0 Å². The Morgan fingerprint density at radius 3 is 2.45 bits per heavy atom. The molecule has 5 heteroatoms. The van der Waals surface area contributed by atoms with Gasteiger partial charge in [-0.1, -0.05) is 18.2 Å². The van der Waals surface area contributed by atoms with E-state index in [1.165, 1.54) is 18.9 Å². The second-order valence-corrected chi connectivity index (χ2v) is 9.08. The van der Waals surface area contributed by atoms with Crippen LogP contribution >= 0.6 is 0 Å². The summed E-state index contributed by atoms with van der Waals surface area (Å²) in [5.41, 5.74) is 1.79. The van der Waals surface area contributed by atoms with Crippen LogP contribution in [0.25, 0.3) is 0 Å². The summed E-state index contributed by atoms with van der Waals surface area (Å²) in [5.74, 6) is 1.57. The minimum Gasteiger partial charge on any atom is -0.490 e. The van der Waals surface area contributed by atoms with Gasteiger partial charge < -0.3 is 19.5 Å². The lowest BCUT2D eigenvalue weighted by Crippen LogP contribution is -2.44. The fraction of sp³-hybridized carbons (Fsp3) is 0.538. The molecule has 2 heterocycles. The van der Waals surface area contributed by atoms with Crippen LogP contribution in [0.2, 0.25) is 0 Å². The van der Waals surface area contributed by atoms with E-state index in [0.29, 0.717) is 17.6 Å². The van der Waals surface area contributed by atoms with Crippen molar-refractivity contribution in [3.8, 4) is 11.5 Å². The van der Waals surface area contributed by atoms with Gasteiger partial charge in [-0.15, -0.1) is 0 Å². The van der Waals surface area contributed by atoms with Crippen LogP contribution in [0.5, 0.6) is 11.5 Å². The Morgan fingerprint density at radius 2 is 1.65 bits per heavy atom. The van der Waals surface area contributed by atoms with Gasteiger partial charge in [0.05, 0.1) is 6.10 Å². The minimum absolute atomic E-state index is 0.196. The second-order valence-electron chi connectivity index (χ2n) is 9.08. The van der Waals surface area contributed by atoms with Crippen LogP contribution in [0.4, 0.5) is 4.39 Å². The summed E-state index contributed by atoms with van der Waals surface area (Å²) < 4.78 is 32.0. The summed E-state index contributed by atoms with van der Waals surface area (Å²) in [5, 5.41) is 3.83. The first-order valence-electron chi connectivity index (χ1n) is 11.8. The molecule has 2 aliphatic heterocycles. The molecule has 1 N–H and O–H groups in total. The summed E-state index contributed by atoms with van der Waals surface area (Å²) in [6.45, 7) is 1.78. The summed E-state index contributed by atoms with van der Waals surface area (Å²) in [6.07, 6.45) is 8.47. The van der Waals surface area contributed by atoms with Gasteiger partial charge in [-0.25, -0.2) is 4.39 Å². The van der Waals surface area contributed by atoms with Crippen molar-refractivity contribution in [3.05, 3.63) is 59.4 Å². The number of hydrogen-bond acceptors (Lipinski definition) is 4. The van der Waals surface area contributed by atoms with Gasteiger partial charge in [-0.2, -0.15) is 0 Å². The van der Waals surface area contributed by atoms with Crippen LogP contribution in [0.1, 0.15) is 62.2 Å². The highest BCUT2D eigenvalue weighted by Crippen LogP contribution is 2.38. The third-order valence-corrected chi connectivity index (χ3v) is 6.90. The first kappa shape index (κ1) is 20.8. The van der Waals surface area contributed by atoms with Gasteiger partial charge in [0.1, 0.15) is 23.4 Å². The molecule has 4 nitrogen and oxygen atoms in total. The monoisotopic (exact) mass is 425 g/mol. The van der Waals surface area contributed by atoms with Crippen LogP contribution in [-0.2, 0) is 11.2 Å². The number of rotatable bonds is 5. The molecule has 0 amide bonds. The molecule has 2 aromatic carbocycles. The largest absolute Gasteiger partial charge is 0.490 e. The van der Waals surface area contributed by atoms with Gasteiger partial charge in [0.25, 0.3) is 0 Å². The molecule has 1 atom stereocenters. The van der Waals surface area contributed by atoms with Crippen molar-refractivity contribution < 1.29 is 18.6 Å². The Bertz CT molecular complexity index is 875. The highest BCUT2D eigenvalue weighted by atomic mass is 19.1. The van der Waals surface area contributed by atoms with Gasteiger partial charge in [-0.3, -0.25) is 0 Å². The second kappa shape index (κ2) is 9.58. The molecule has 1 aliphatic carbocycles. The predicted molar refractivity (Wildman–Crippen MR) is 118 cm³/mol. The number of ether oxygens (including phenoxy) is 3. The highest BCUT2D eigenvalue weighted by molar-refractivity contribution is 5.42. The minimum atomic E-state index is -0.223. The molecule has 1 unspecified atom stereocenters. The zero-order chi connectivity index (χ0) is 21.0. The number of aryl methyl sites for hydroxylation is 1. The van der Waals surface area contributed by atoms with Gasteiger partial charge in [0.2, 0.25) is 0 Å². The molecule has 0 aromatic heterocycles. The van der Waals surface area contributed by atoms with Gasteiger partial charge in [0, 0.05) is 30.9 Å². The van der Waals surface area contributed by atoms with Crippen molar-refractivity contribution in [2.75, 3.05) is 13.2 Å². The van der Waals surface area contributed by atoms with Crippen LogP contribution in [0.3, 0.4) is 0 Å². The summed E-state index contributed by atoms with van der Waals surface area (Å²) in [4.78, 5) is 0. The van der Waals surface area contributed by atoms with Crippen molar-refractivity contribution in [1.82, 2.24) is 5.32 Å². The highest BCUT2D eigenvalue weighted by Gasteiger charge is 2.27. The van der Waals surface area contributed by atoms with Crippen molar-refractivity contribution in [3.63, 3.8) is 0 Å². The maximum atomic E-state index is 14.1. The molecule has 2 aromatic rings. The molecule has 1 saturated heterocycles. The zero-order valence-electron chi connectivity index (χ0n) is 18.0. The van der Waals surface area contributed by atoms with E-state index in [1.54, 1.807) is 6.07 Å². The van der Waals surface area contributed by atoms with E-state index in [1.807, 2.05) is 24.3 Å². The molecule has 31 heavy (non-hydrogen) atoms. The van der Waals surface area contributed by atoms with E-state index in [2.05, 4.69) is 11.4 Å². The van der Waals surface area contributed by atoms with E-state index in [0.717, 1.165) is 68.8 Å². The summed E-state index contributed by atoms with van der Waals surface area (Å²) in [6, 6.07) is 14.2. The molecule has 2 fully saturated rings. The fourth-order valence-corrected chi connectivity index (χ4v) is 5.13. The number of nitrogens with one attached hydrogen (secondary N) is 1. The Balaban J connectivity index is 1.14. The van der Waals surface area contributed by atoms with E-state index in [9.17, 15) is 4.39 Å². The number of benzene rings is 2. The topological polar surface area (TPSA) is 39.7 Å². The normalized spacial score (nSPS) is 26.7. The molecule has 0 radical (unpaired) electrons. The van der Waals surface area contributed by atoms with Gasteiger partial charge in [-0.05, 0) is 81.2 Å². The molecule has 1 saturated carbocycles. The third kappa shape index (κ3) is 5.04. The van der Waals surface area contributed by atoms with E-state index in [4.69, 9.17) is 14.2 Å². The van der Waals surface area contributed by atoms with Crippen molar-refractivity contribution >= 4 is 0 Å². The molecule has 0 bridgehead atoms. The lowest BCUT2D eigenvalue weighted by atomic mass is 9.91. The molecule has 3 aliphatic rings. The van der Waals surface area contributed by atoms with Crippen LogP contribution in [0.15, 0.2) is 42.5 Å². The average Bonchev–Trinajstić information content (AvgIpc) is 2.81. The van der Waals surface area contributed by atoms with Gasteiger partial charge in [0.15, 0.2) is 0 Å². The number of hydrogen-bond donors (Lipinski definition) is 1. The summed E-state index contributed by atoms with van der Waals surface area (Å²) in [7, 11) is 0. The number of fused-ring (bicyclic) bond motifs is 1. The number of halogens is 1. The van der Waals surface area contributed by atoms with Crippen molar-refractivity contribution in [2.24, 2.45) is 0 Å². The fourth-order valence-electron chi connectivity index (χ4n) is 5.13. The van der Waals surface area contributed by atoms with E-state index >= 15 is 0 Å². The summed E-state index contributed by atoms with van der Waals surface area (Å²) >= 11 is 0. The Hall–Kier alpha value is -2.11. The Labute approximate surface area is 184 Å². The quantitative estimate of drug-likeness (QED) is 0.701. The smallest absolute Gasteiger partial charge is 0.130 e. The SMILES string of the molecule is Fc1ccccc1C1CCc2cc(OC3CCC(NC4CCOCC4)CC3)ccc2O1. The average molecular weight is 426 g/mol. The molecular weight excluding hydrogens is 393 g/mol. The first-order valence-corrected chi connectivity index (χ1v) is 11.8. The van der Waals surface area contributed by atoms with E-state index in [-0.39, 0.29) is 18.0 Å². The first-order chi connectivity index (χ1) is 15.2. The maximum Gasteiger partial charge on any atom is 0.130 e. The molecular formula is C26H32FNO3. The molecule has 0 spiro atoms. The maximum absolute atomic E-state index is 14.1. The third-order valence-electron chi connectivity index (χ3n) is 6.90. The standard InChI is InChI=1S/C26H32FNO3/c27-24-4-2-1-3-23(24)26-11-5-18-17-22(10-12-25(18)31-26)30-21-8-6-19(7-9-21)28-20-13-15-29-16-14-20/h1-4,10,12,17,19-21,26,28H,5-9,11,13-16H2. The molecule has 5 rings (SSSR count).